The molecule has 3 heterocycles. The van der Waals surface area contributed by atoms with Crippen molar-refractivity contribution in [3.63, 3.8) is 0 Å². The van der Waals surface area contributed by atoms with Gasteiger partial charge in [0.1, 0.15) is 0 Å². The molecule has 5 nitrogen and oxygen atoms in total. The van der Waals surface area contributed by atoms with Crippen LogP contribution >= 0.6 is 11.6 Å². The minimum absolute atomic E-state index is 0.0631. The lowest BCUT2D eigenvalue weighted by molar-refractivity contribution is -0.308. The molecule has 3 aliphatic heterocycles. The van der Waals surface area contributed by atoms with E-state index in [1.807, 2.05) is 12.1 Å². The molecule has 1 aromatic rings. The number of hydrogen-bond acceptors (Lipinski definition) is 4. The fourth-order valence-electron chi connectivity index (χ4n) is 5.64. The van der Waals surface area contributed by atoms with Crippen LogP contribution in [0.5, 0.6) is 0 Å². The van der Waals surface area contributed by atoms with Crippen LogP contribution in [0.25, 0.3) is 0 Å². The molecule has 1 spiro atoms. The van der Waals surface area contributed by atoms with Crippen molar-refractivity contribution in [1.82, 2.24) is 9.80 Å². The maximum Gasteiger partial charge on any atom is 0.434 e. The van der Waals surface area contributed by atoms with Gasteiger partial charge in [-0.25, -0.2) is 4.79 Å². The van der Waals surface area contributed by atoms with Gasteiger partial charge >= 0.3 is 18.4 Å². The summed E-state index contributed by atoms with van der Waals surface area (Å²) in [5, 5.41) is 0.730. The van der Waals surface area contributed by atoms with Crippen molar-refractivity contribution in [1.29, 1.82) is 0 Å². The van der Waals surface area contributed by atoms with E-state index < -0.39 is 24.5 Å². The number of benzene rings is 1. The third kappa shape index (κ3) is 6.77. The van der Waals surface area contributed by atoms with E-state index in [1.165, 1.54) is 0 Å². The van der Waals surface area contributed by atoms with E-state index in [2.05, 4.69) is 27.5 Å². The number of likely N-dealkylation sites (tertiary alicyclic amines) is 2. The molecule has 0 saturated carbocycles. The fourth-order valence-corrected chi connectivity index (χ4v) is 5.87. The Hall–Kier alpha value is -1.88. The van der Waals surface area contributed by atoms with Crippen molar-refractivity contribution >= 4 is 23.4 Å². The molecular formula is C25H32ClF6N3O2. The van der Waals surface area contributed by atoms with Gasteiger partial charge in [0.25, 0.3) is 6.10 Å². The van der Waals surface area contributed by atoms with Crippen molar-refractivity contribution in [2.24, 2.45) is 11.3 Å². The zero-order chi connectivity index (χ0) is 27.0. The predicted molar refractivity (Wildman–Crippen MR) is 128 cm³/mol. The van der Waals surface area contributed by atoms with Crippen LogP contribution < -0.4 is 4.90 Å². The average Bonchev–Trinajstić information content (AvgIpc) is 3.20. The topological polar surface area (TPSA) is 36.0 Å². The van der Waals surface area contributed by atoms with Gasteiger partial charge in [0.2, 0.25) is 0 Å². The van der Waals surface area contributed by atoms with Gasteiger partial charge in [-0.3, -0.25) is 4.90 Å². The van der Waals surface area contributed by atoms with Crippen LogP contribution in [-0.4, -0.2) is 73.6 Å². The molecule has 1 aromatic carbocycles. The van der Waals surface area contributed by atoms with Crippen LogP contribution in [0.4, 0.5) is 36.8 Å². The SMILES string of the molecule is CC1CCN(c2cc(CN3CCC4(CCN(C(=O)OC(C(F)(F)F)C(F)(F)F)CC4)C3)ccc2Cl)CC1. The molecular weight excluding hydrogens is 524 g/mol. The van der Waals surface area contributed by atoms with Crippen LogP contribution in [0.15, 0.2) is 18.2 Å². The minimum atomic E-state index is -5.72. The minimum Gasteiger partial charge on any atom is -0.426 e. The Morgan fingerprint density at radius 2 is 1.62 bits per heavy atom. The van der Waals surface area contributed by atoms with E-state index in [9.17, 15) is 31.1 Å². The van der Waals surface area contributed by atoms with E-state index in [0.717, 1.165) is 73.2 Å². The number of ether oxygens (including phenoxy) is 1. The second kappa shape index (κ2) is 10.7. The molecule has 0 aliphatic carbocycles. The Kier molecular flexibility index (Phi) is 8.14. The van der Waals surface area contributed by atoms with Gasteiger partial charge in [0.15, 0.2) is 0 Å². The summed E-state index contributed by atoms with van der Waals surface area (Å²) < 4.78 is 80.3. The number of anilines is 1. The van der Waals surface area contributed by atoms with Gasteiger partial charge in [-0.1, -0.05) is 24.6 Å². The van der Waals surface area contributed by atoms with Gasteiger partial charge in [-0.15, -0.1) is 0 Å². The number of alkyl halides is 6. The first-order chi connectivity index (χ1) is 17.3. The molecule has 0 unspecified atom stereocenters. The monoisotopic (exact) mass is 555 g/mol. The Balaban J connectivity index is 1.31. The number of halogens is 7. The summed E-state index contributed by atoms with van der Waals surface area (Å²) in [4.78, 5) is 17.7. The van der Waals surface area contributed by atoms with Crippen molar-refractivity contribution in [2.75, 3.05) is 44.2 Å². The van der Waals surface area contributed by atoms with Gasteiger partial charge in [-0.2, -0.15) is 26.3 Å². The fraction of sp³-hybridized carbons (Fsp3) is 0.720. The zero-order valence-corrected chi connectivity index (χ0v) is 21.4. The summed E-state index contributed by atoms with van der Waals surface area (Å²) in [6, 6.07) is 6.08. The number of nitrogens with zero attached hydrogens (tertiary/aromatic N) is 3. The lowest BCUT2D eigenvalue weighted by Gasteiger charge is -2.39. The lowest BCUT2D eigenvalue weighted by atomic mass is 9.78. The van der Waals surface area contributed by atoms with E-state index >= 15 is 0 Å². The lowest BCUT2D eigenvalue weighted by Crippen LogP contribution is -2.50. The summed E-state index contributed by atoms with van der Waals surface area (Å²) in [7, 11) is 0. The Labute approximate surface area is 217 Å². The number of rotatable bonds is 4. The molecule has 0 atom stereocenters. The highest BCUT2D eigenvalue weighted by Crippen LogP contribution is 2.42. The Morgan fingerprint density at radius 1 is 1.03 bits per heavy atom. The zero-order valence-electron chi connectivity index (χ0n) is 20.7. The molecule has 0 N–H and O–H groups in total. The van der Waals surface area contributed by atoms with Gasteiger partial charge in [0.05, 0.1) is 10.7 Å². The van der Waals surface area contributed by atoms with E-state index in [-0.39, 0.29) is 18.5 Å². The normalized spacial score (nSPS) is 21.8. The highest BCUT2D eigenvalue weighted by molar-refractivity contribution is 6.33. The molecule has 0 aromatic heterocycles. The summed E-state index contributed by atoms with van der Waals surface area (Å²) in [5.74, 6) is 0.711. The molecule has 4 rings (SSSR count). The van der Waals surface area contributed by atoms with Crippen LogP contribution in [0.2, 0.25) is 5.02 Å². The number of hydrogen-bond donors (Lipinski definition) is 0. The van der Waals surface area contributed by atoms with Crippen LogP contribution in [0.3, 0.4) is 0 Å². The highest BCUT2D eigenvalue weighted by atomic mass is 35.5. The first kappa shape index (κ1) is 28.1. The Bertz CT molecular complexity index is 943. The van der Waals surface area contributed by atoms with Gasteiger partial charge in [-0.05, 0) is 67.7 Å². The van der Waals surface area contributed by atoms with E-state index in [0.29, 0.717) is 18.8 Å². The number of carbonyl (C=O) groups is 1. The quantitative estimate of drug-likeness (QED) is 0.398. The molecule has 0 bridgehead atoms. The van der Waals surface area contributed by atoms with Crippen molar-refractivity contribution in [3.8, 4) is 0 Å². The number of piperidine rings is 2. The summed E-state index contributed by atoms with van der Waals surface area (Å²) in [5.41, 5.74) is 2.06. The summed E-state index contributed by atoms with van der Waals surface area (Å²) >= 11 is 6.50. The average molecular weight is 556 g/mol. The third-order valence-corrected chi connectivity index (χ3v) is 8.27. The predicted octanol–water partition coefficient (Wildman–Crippen LogP) is 6.49. The summed E-state index contributed by atoms with van der Waals surface area (Å²) in [6.07, 6.45) is -13.0. The highest BCUT2D eigenvalue weighted by Gasteiger charge is 2.60. The third-order valence-electron chi connectivity index (χ3n) is 7.95. The van der Waals surface area contributed by atoms with Crippen LogP contribution in [0.1, 0.15) is 44.6 Å². The van der Waals surface area contributed by atoms with E-state index in [4.69, 9.17) is 11.6 Å². The summed E-state index contributed by atoms with van der Waals surface area (Å²) in [6.45, 7) is 6.64. The molecule has 0 radical (unpaired) electrons. The van der Waals surface area contributed by atoms with Crippen molar-refractivity contribution in [2.45, 2.75) is 64.0 Å². The van der Waals surface area contributed by atoms with Crippen molar-refractivity contribution in [3.05, 3.63) is 28.8 Å². The van der Waals surface area contributed by atoms with Crippen LogP contribution in [-0.2, 0) is 11.3 Å². The molecule has 37 heavy (non-hydrogen) atoms. The molecule has 3 aliphatic rings. The second-order valence-corrected chi connectivity index (χ2v) is 11.2. The second-order valence-electron chi connectivity index (χ2n) is 10.8. The molecule has 1 amide bonds. The molecule has 12 heteroatoms. The first-order valence-corrected chi connectivity index (χ1v) is 13.0. The van der Waals surface area contributed by atoms with Gasteiger partial charge < -0.3 is 14.5 Å². The van der Waals surface area contributed by atoms with Crippen molar-refractivity contribution < 1.29 is 35.9 Å². The maximum absolute atomic E-state index is 12.7. The number of carbonyl (C=O) groups excluding carboxylic acids is 1. The molecule has 208 valence electrons. The van der Waals surface area contributed by atoms with Gasteiger partial charge in [0, 0.05) is 39.3 Å². The largest absolute Gasteiger partial charge is 0.434 e. The standard InChI is InChI=1S/C25H32ClF6N3O2/c1-17-4-9-34(10-5-17)20-14-18(2-3-19(20)26)15-33-11-6-23(16-33)7-12-35(13-8-23)22(36)37-21(24(27,28)29)25(30,31)32/h2-3,14,17,21H,4-13,15-16H2,1H3. The van der Waals surface area contributed by atoms with Crippen LogP contribution in [0, 0.1) is 11.3 Å². The molecule has 3 fully saturated rings. The number of amides is 1. The Morgan fingerprint density at radius 3 is 2.22 bits per heavy atom. The van der Waals surface area contributed by atoms with E-state index in [1.54, 1.807) is 0 Å². The smallest absolute Gasteiger partial charge is 0.426 e. The first-order valence-electron chi connectivity index (χ1n) is 12.6. The molecule has 3 saturated heterocycles. The maximum atomic E-state index is 12.7.